The summed E-state index contributed by atoms with van der Waals surface area (Å²) in [5.41, 5.74) is 3.65. The summed E-state index contributed by atoms with van der Waals surface area (Å²) in [7, 11) is 0. The van der Waals surface area contributed by atoms with Crippen LogP contribution in [0.15, 0.2) is 66.2 Å². The van der Waals surface area contributed by atoms with Gasteiger partial charge in [-0.2, -0.15) is 4.39 Å². The Morgan fingerprint density at radius 2 is 1.68 bits per heavy atom. The average Bonchev–Trinajstić information content (AvgIpc) is 2.94. The molecule has 0 bridgehead atoms. The Kier molecular flexibility index (Phi) is 9.67. The zero-order valence-electron chi connectivity index (χ0n) is 20.7. The third-order valence-electron chi connectivity index (χ3n) is 6.16. The molecule has 0 spiro atoms. The van der Waals surface area contributed by atoms with E-state index in [2.05, 4.69) is 10.6 Å². The van der Waals surface area contributed by atoms with Crippen molar-refractivity contribution in [3.8, 4) is 11.5 Å². The van der Waals surface area contributed by atoms with Crippen LogP contribution in [0.25, 0.3) is 5.57 Å². The highest BCUT2D eigenvalue weighted by Gasteiger charge is 2.20. The third-order valence-corrected chi connectivity index (χ3v) is 6.53. The van der Waals surface area contributed by atoms with Gasteiger partial charge in [-0.05, 0) is 72.8 Å². The topological polar surface area (TPSA) is 59.6 Å². The zero-order valence-corrected chi connectivity index (χ0v) is 21.4. The smallest absolute Gasteiger partial charge is 0.248 e. The Hall–Kier alpha value is -3.49. The van der Waals surface area contributed by atoms with Gasteiger partial charge in [-0.3, -0.25) is 4.79 Å². The molecule has 0 radical (unpaired) electrons. The van der Waals surface area contributed by atoms with Gasteiger partial charge >= 0.3 is 0 Å². The second-order valence-electron chi connectivity index (χ2n) is 8.73. The standard InChI is InChI=1S/C29H28ClF3N2O3/c30-24-6-2-1-4-20(24)5-3-14-35-29(36)23-18-34-15-13-22(23)19-7-9-21(10-8-19)37-16-17-38-28-26(32)12-11-25(31)27(28)33/h1-2,4,6-12,34H,3,5,13-18H2,(H,35,36). The summed E-state index contributed by atoms with van der Waals surface area (Å²) in [5.74, 6) is -3.88. The molecule has 0 saturated heterocycles. The van der Waals surface area contributed by atoms with Crippen molar-refractivity contribution in [1.82, 2.24) is 10.6 Å². The lowest BCUT2D eigenvalue weighted by molar-refractivity contribution is -0.117. The van der Waals surface area contributed by atoms with E-state index in [1.54, 1.807) is 12.1 Å². The first-order chi connectivity index (χ1) is 18.4. The Balaban J connectivity index is 1.30. The van der Waals surface area contributed by atoms with E-state index in [9.17, 15) is 18.0 Å². The molecule has 0 aromatic heterocycles. The average molecular weight is 545 g/mol. The maximum absolute atomic E-state index is 13.7. The lowest BCUT2D eigenvalue weighted by atomic mass is 9.93. The van der Waals surface area contributed by atoms with Gasteiger partial charge in [-0.1, -0.05) is 41.9 Å². The number of amides is 1. The maximum Gasteiger partial charge on any atom is 0.248 e. The van der Waals surface area contributed by atoms with Crippen molar-refractivity contribution in [3.63, 3.8) is 0 Å². The fourth-order valence-electron chi connectivity index (χ4n) is 4.21. The van der Waals surface area contributed by atoms with Crippen molar-refractivity contribution in [1.29, 1.82) is 0 Å². The van der Waals surface area contributed by atoms with Crippen LogP contribution in [0.5, 0.6) is 11.5 Å². The van der Waals surface area contributed by atoms with Gasteiger partial charge in [0.15, 0.2) is 17.4 Å². The van der Waals surface area contributed by atoms with E-state index in [0.717, 1.165) is 47.2 Å². The van der Waals surface area contributed by atoms with E-state index in [-0.39, 0.29) is 19.1 Å². The molecule has 9 heteroatoms. The molecule has 0 unspecified atom stereocenters. The van der Waals surface area contributed by atoms with Crippen LogP contribution >= 0.6 is 11.6 Å². The second kappa shape index (κ2) is 13.3. The normalized spacial score (nSPS) is 13.4. The summed E-state index contributed by atoms with van der Waals surface area (Å²) in [6.07, 6.45) is 2.27. The zero-order chi connectivity index (χ0) is 26.9. The van der Waals surface area contributed by atoms with Crippen LogP contribution in [0.4, 0.5) is 13.2 Å². The van der Waals surface area contributed by atoms with Crippen LogP contribution in [0.3, 0.4) is 0 Å². The molecule has 1 aliphatic rings. The van der Waals surface area contributed by atoms with E-state index in [4.69, 9.17) is 21.1 Å². The van der Waals surface area contributed by atoms with Gasteiger partial charge in [-0.15, -0.1) is 0 Å². The van der Waals surface area contributed by atoms with Crippen LogP contribution in [0, 0.1) is 17.5 Å². The van der Waals surface area contributed by atoms with E-state index in [1.807, 2.05) is 36.4 Å². The molecular formula is C29H28ClF3N2O3. The fraction of sp³-hybridized carbons (Fsp3) is 0.276. The molecule has 38 heavy (non-hydrogen) atoms. The first-order valence-electron chi connectivity index (χ1n) is 12.4. The van der Waals surface area contributed by atoms with Crippen molar-refractivity contribution in [3.05, 3.63) is 99.8 Å². The van der Waals surface area contributed by atoms with Crippen molar-refractivity contribution in [2.75, 3.05) is 32.8 Å². The van der Waals surface area contributed by atoms with Crippen LogP contribution < -0.4 is 20.1 Å². The summed E-state index contributed by atoms with van der Waals surface area (Å²) in [6, 6.07) is 16.4. The molecule has 1 heterocycles. The lowest BCUT2D eigenvalue weighted by Gasteiger charge is -2.21. The molecule has 1 amide bonds. The van der Waals surface area contributed by atoms with Gasteiger partial charge in [0.25, 0.3) is 0 Å². The second-order valence-corrected chi connectivity index (χ2v) is 9.14. The van der Waals surface area contributed by atoms with E-state index in [0.29, 0.717) is 36.9 Å². The molecule has 0 saturated carbocycles. The predicted molar refractivity (Wildman–Crippen MR) is 141 cm³/mol. The highest BCUT2D eigenvalue weighted by Crippen LogP contribution is 2.27. The van der Waals surface area contributed by atoms with Crippen LogP contribution in [-0.4, -0.2) is 38.8 Å². The summed E-state index contributed by atoms with van der Waals surface area (Å²) in [6.45, 7) is 1.62. The minimum atomic E-state index is -1.37. The number of rotatable bonds is 11. The Bertz CT molecular complexity index is 1300. The lowest BCUT2D eigenvalue weighted by Crippen LogP contribution is -2.35. The number of ether oxygens (including phenoxy) is 2. The molecule has 0 aliphatic carbocycles. The number of aryl methyl sites for hydroxylation is 1. The first kappa shape index (κ1) is 27.5. The molecule has 3 aromatic rings. The highest BCUT2D eigenvalue weighted by atomic mass is 35.5. The largest absolute Gasteiger partial charge is 0.490 e. The van der Waals surface area contributed by atoms with Gasteiger partial charge in [0.05, 0.1) is 0 Å². The maximum atomic E-state index is 13.7. The molecule has 4 rings (SSSR count). The fourth-order valence-corrected chi connectivity index (χ4v) is 4.44. The van der Waals surface area contributed by atoms with Gasteiger partial charge in [0.2, 0.25) is 11.7 Å². The summed E-state index contributed by atoms with van der Waals surface area (Å²) >= 11 is 6.20. The number of benzene rings is 3. The third kappa shape index (κ3) is 7.08. The van der Waals surface area contributed by atoms with Gasteiger partial charge in [-0.25, -0.2) is 8.78 Å². The van der Waals surface area contributed by atoms with Gasteiger partial charge < -0.3 is 20.1 Å². The van der Waals surface area contributed by atoms with Crippen molar-refractivity contribution in [2.45, 2.75) is 19.3 Å². The molecule has 5 nitrogen and oxygen atoms in total. The van der Waals surface area contributed by atoms with Gasteiger partial charge in [0, 0.05) is 23.7 Å². The van der Waals surface area contributed by atoms with Crippen LogP contribution in [-0.2, 0) is 11.2 Å². The van der Waals surface area contributed by atoms with Crippen LogP contribution in [0.1, 0.15) is 24.0 Å². The molecular weight excluding hydrogens is 517 g/mol. The predicted octanol–water partition coefficient (Wildman–Crippen LogP) is 5.71. The number of carbonyl (C=O) groups is 1. The van der Waals surface area contributed by atoms with Crippen molar-refractivity contribution >= 4 is 23.1 Å². The number of halogens is 4. The Morgan fingerprint density at radius 1 is 0.947 bits per heavy atom. The highest BCUT2D eigenvalue weighted by molar-refractivity contribution is 6.31. The molecule has 200 valence electrons. The molecule has 3 aromatic carbocycles. The van der Waals surface area contributed by atoms with E-state index in [1.165, 1.54) is 0 Å². The minimum absolute atomic E-state index is 0.00318. The number of nitrogens with one attached hydrogen (secondary N) is 2. The van der Waals surface area contributed by atoms with E-state index < -0.39 is 23.2 Å². The van der Waals surface area contributed by atoms with E-state index >= 15 is 0 Å². The Morgan fingerprint density at radius 3 is 2.47 bits per heavy atom. The number of carbonyl (C=O) groups excluding carboxylic acids is 1. The molecule has 0 atom stereocenters. The number of hydrogen-bond acceptors (Lipinski definition) is 4. The quantitative estimate of drug-likeness (QED) is 0.240. The van der Waals surface area contributed by atoms with Crippen molar-refractivity contribution in [2.24, 2.45) is 0 Å². The first-order valence-corrected chi connectivity index (χ1v) is 12.8. The van der Waals surface area contributed by atoms with Crippen molar-refractivity contribution < 1.29 is 27.4 Å². The monoisotopic (exact) mass is 544 g/mol. The molecule has 2 N–H and O–H groups in total. The number of hydrogen-bond donors (Lipinski definition) is 2. The summed E-state index contributed by atoms with van der Waals surface area (Å²) < 4.78 is 51.2. The molecule has 0 fully saturated rings. The minimum Gasteiger partial charge on any atom is -0.490 e. The molecule has 1 aliphatic heterocycles. The SMILES string of the molecule is O=C(NCCCc1ccccc1Cl)C1=C(c2ccc(OCCOc3c(F)ccc(F)c3F)cc2)CCNC1. The van der Waals surface area contributed by atoms with Crippen LogP contribution in [0.2, 0.25) is 5.02 Å². The Labute approximate surface area is 224 Å². The summed E-state index contributed by atoms with van der Waals surface area (Å²) in [4.78, 5) is 12.9. The van der Waals surface area contributed by atoms with Gasteiger partial charge in [0.1, 0.15) is 19.0 Å². The summed E-state index contributed by atoms with van der Waals surface area (Å²) in [5, 5.41) is 7.01.